The number of likely N-dealkylation sites (N-methyl/N-ethyl adjacent to an activating group) is 1. The quantitative estimate of drug-likeness (QED) is 0.692. The van der Waals surface area contributed by atoms with E-state index in [0.29, 0.717) is 28.9 Å². The molecule has 1 heterocycles. The van der Waals surface area contributed by atoms with E-state index in [1.165, 1.54) is 4.68 Å². The summed E-state index contributed by atoms with van der Waals surface area (Å²) >= 11 is 6.34. The maximum Gasteiger partial charge on any atom is 0.274 e. The molecule has 0 aliphatic rings. The van der Waals surface area contributed by atoms with E-state index in [1.54, 1.807) is 24.3 Å². The van der Waals surface area contributed by atoms with Crippen molar-refractivity contribution in [1.29, 1.82) is 0 Å². The van der Waals surface area contributed by atoms with Gasteiger partial charge >= 0.3 is 0 Å². The number of hydrogen-bond acceptors (Lipinski definition) is 4. The molecule has 3 rings (SSSR count). The number of benzene rings is 2. The number of aromatic nitrogens is 2. The van der Waals surface area contributed by atoms with E-state index in [4.69, 9.17) is 11.6 Å². The van der Waals surface area contributed by atoms with E-state index in [1.807, 2.05) is 50.2 Å². The molecule has 0 saturated carbocycles. The van der Waals surface area contributed by atoms with Crippen LogP contribution in [0.25, 0.3) is 10.8 Å². The number of fused-ring (bicyclic) bond motifs is 1. The number of rotatable bonds is 6. The molecule has 2 aromatic carbocycles. The molecule has 0 saturated heterocycles. The van der Waals surface area contributed by atoms with Gasteiger partial charge in [0.2, 0.25) is 0 Å². The van der Waals surface area contributed by atoms with Crippen molar-refractivity contribution in [3.8, 4) is 0 Å². The molecule has 1 aromatic heterocycles. The molecule has 28 heavy (non-hydrogen) atoms. The van der Waals surface area contributed by atoms with Crippen LogP contribution in [0.4, 0.5) is 0 Å². The Labute approximate surface area is 168 Å². The van der Waals surface area contributed by atoms with Gasteiger partial charge in [0.25, 0.3) is 11.5 Å². The van der Waals surface area contributed by atoms with Crippen molar-refractivity contribution in [2.45, 2.75) is 19.5 Å². The predicted octanol–water partition coefficient (Wildman–Crippen LogP) is 3.10. The van der Waals surface area contributed by atoms with Gasteiger partial charge in [-0.1, -0.05) is 48.0 Å². The number of carbonyl (C=O) groups is 1. The normalized spacial score (nSPS) is 12.3. The minimum atomic E-state index is -0.322. The Kier molecular flexibility index (Phi) is 6.11. The Morgan fingerprint density at radius 1 is 1.14 bits per heavy atom. The molecule has 3 aromatic rings. The number of halogens is 1. The Morgan fingerprint density at radius 2 is 1.79 bits per heavy atom. The van der Waals surface area contributed by atoms with Gasteiger partial charge in [0.1, 0.15) is 0 Å². The molecule has 0 fully saturated rings. The number of aryl methyl sites for hydroxylation is 1. The summed E-state index contributed by atoms with van der Waals surface area (Å²) in [7, 11) is 3.87. The van der Waals surface area contributed by atoms with Crippen LogP contribution in [0.1, 0.15) is 29.0 Å². The van der Waals surface area contributed by atoms with E-state index >= 15 is 0 Å². The zero-order valence-electron chi connectivity index (χ0n) is 16.1. The maximum atomic E-state index is 12.9. The summed E-state index contributed by atoms with van der Waals surface area (Å²) in [4.78, 5) is 27.4. The molecule has 7 heteroatoms. The van der Waals surface area contributed by atoms with Gasteiger partial charge in [-0.15, -0.1) is 0 Å². The SMILES string of the molecule is CCn1nc(C(=O)NCC(c2ccccc2Cl)N(C)C)c2ccccc2c1=O. The van der Waals surface area contributed by atoms with Crippen molar-refractivity contribution in [1.82, 2.24) is 20.0 Å². The van der Waals surface area contributed by atoms with Gasteiger partial charge in [0, 0.05) is 23.5 Å². The minimum Gasteiger partial charge on any atom is -0.349 e. The first-order chi connectivity index (χ1) is 13.4. The summed E-state index contributed by atoms with van der Waals surface area (Å²) in [5, 5.41) is 8.92. The van der Waals surface area contributed by atoms with E-state index in [-0.39, 0.29) is 23.2 Å². The van der Waals surface area contributed by atoms with Crippen molar-refractivity contribution < 1.29 is 4.79 Å². The Balaban J connectivity index is 1.92. The zero-order valence-corrected chi connectivity index (χ0v) is 16.9. The summed E-state index contributed by atoms with van der Waals surface area (Å²) in [5.41, 5.74) is 0.983. The molecule has 1 N–H and O–H groups in total. The summed E-state index contributed by atoms with van der Waals surface area (Å²) in [6, 6.07) is 14.5. The van der Waals surface area contributed by atoms with Crippen molar-refractivity contribution in [3.05, 3.63) is 75.2 Å². The molecule has 0 aliphatic carbocycles. The lowest BCUT2D eigenvalue weighted by Crippen LogP contribution is -2.36. The second-order valence-electron chi connectivity index (χ2n) is 6.73. The van der Waals surface area contributed by atoms with E-state index in [0.717, 1.165) is 5.56 Å². The molecule has 146 valence electrons. The molecular weight excluding hydrogens is 376 g/mol. The van der Waals surface area contributed by atoms with Gasteiger partial charge in [0.15, 0.2) is 5.69 Å². The molecule has 0 bridgehead atoms. The number of amides is 1. The lowest BCUT2D eigenvalue weighted by molar-refractivity contribution is 0.0936. The van der Waals surface area contributed by atoms with Crippen LogP contribution in [0.3, 0.4) is 0 Å². The lowest BCUT2D eigenvalue weighted by atomic mass is 10.1. The molecule has 1 unspecified atom stereocenters. The second kappa shape index (κ2) is 8.54. The summed E-state index contributed by atoms with van der Waals surface area (Å²) in [6.07, 6.45) is 0. The largest absolute Gasteiger partial charge is 0.349 e. The van der Waals surface area contributed by atoms with Gasteiger partial charge in [-0.3, -0.25) is 9.59 Å². The van der Waals surface area contributed by atoms with Crippen LogP contribution in [0, 0.1) is 0 Å². The van der Waals surface area contributed by atoms with E-state index in [9.17, 15) is 9.59 Å². The molecule has 0 radical (unpaired) electrons. The monoisotopic (exact) mass is 398 g/mol. The first-order valence-electron chi connectivity index (χ1n) is 9.13. The first kappa shape index (κ1) is 20.0. The minimum absolute atomic E-state index is 0.0963. The Morgan fingerprint density at radius 3 is 2.43 bits per heavy atom. The average Bonchev–Trinajstić information content (AvgIpc) is 2.69. The predicted molar refractivity (Wildman–Crippen MR) is 112 cm³/mol. The van der Waals surface area contributed by atoms with Gasteiger partial charge in [-0.05, 0) is 38.7 Å². The van der Waals surface area contributed by atoms with E-state index < -0.39 is 0 Å². The summed E-state index contributed by atoms with van der Waals surface area (Å²) in [6.45, 7) is 2.57. The third-order valence-electron chi connectivity index (χ3n) is 4.73. The fraction of sp³-hybridized carbons (Fsp3) is 0.286. The molecular formula is C21H23ClN4O2. The van der Waals surface area contributed by atoms with Crippen LogP contribution < -0.4 is 10.9 Å². The van der Waals surface area contributed by atoms with Crippen LogP contribution in [0.15, 0.2) is 53.3 Å². The van der Waals surface area contributed by atoms with Crippen LogP contribution in [0.2, 0.25) is 5.02 Å². The third kappa shape index (κ3) is 3.93. The van der Waals surface area contributed by atoms with Gasteiger partial charge in [0.05, 0.1) is 11.4 Å². The van der Waals surface area contributed by atoms with Crippen molar-refractivity contribution in [2.24, 2.45) is 0 Å². The third-order valence-corrected chi connectivity index (χ3v) is 5.07. The van der Waals surface area contributed by atoms with E-state index in [2.05, 4.69) is 10.4 Å². The van der Waals surface area contributed by atoms with Gasteiger partial charge in [-0.25, -0.2) is 4.68 Å². The lowest BCUT2D eigenvalue weighted by Gasteiger charge is -2.26. The summed E-state index contributed by atoms with van der Waals surface area (Å²) < 4.78 is 1.31. The van der Waals surface area contributed by atoms with Crippen LogP contribution in [-0.2, 0) is 6.54 Å². The number of hydrogen-bond donors (Lipinski definition) is 1. The highest BCUT2D eigenvalue weighted by atomic mass is 35.5. The smallest absolute Gasteiger partial charge is 0.274 e. The highest BCUT2D eigenvalue weighted by Crippen LogP contribution is 2.25. The zero-order chi connectivity index (χ0) is 20.3. The molecule has 0 aliphatic heterocycles. The highest BCUT2D eigenvalue weighted by Gasteiger charge is 2.20. The number of nitrogens with zero attached hydrogens (tertiary/aromatic N) is 3. The average molecular weight is 399 g/mol. The summed E-state index contributed by atoms with van der Waals surface area (Å²) in [5.74, 6) is -0.322. The van der Waals surface area contributed by atoms with Gasteiger partial charge < -0.3 is 10.2 Å². The molecule has 6 nitrogen and oxygen atoms in total. The second-order valence-corrected chi connectivity index (χ2v) is 7.13. The highest BCUT2D eigenvalue weighted by molar-refractivity contribution is 6.31. The van der Waals surface area contributed by atoms with Crippen molar-refractivity contribution in [2.75, 3.05) is 20.6 Å². The van der Waals surface area contributed by atoms with Crippen LogP contribution in [-0.4, -0.2) is 41.2 Å². The van der Waals surface area contributed by atoms with Crippen molar-refractivity contribution >= 4 is 28.3 Å². The van der Waals surface area contributed by atoms with Crippen molar-refractivity contribution in [3.63, 3.8) is 0 Å². The van der Waals surface area contributed by atoms with Crippen LogP contribution >= 0.6 is 11.6 Å². The van der Waals surface area contributed by atoms with Gasteiger partial charge in [-0.2, -0.15) is 5.10 Å². The Bertz CT molecular complexity index is 1060. The topological polar surface area (TPSA) is 67.2 Å². The van der Waals surface area contributed by atoms with Crippen LogP contribution in [0.5, 0.6) is 0 Å². The first-order valence-corrected chi connectivity index (χ1v) is 9.50. The fourth-order valence-corrected chi connectivity index (χ4v) is 3.47. The number of nitrogens with one attached hydrogen (secondary N) is 1. The fourth-order valence-electron chi connectivity index (χ4n) is 3.21. The number of carbonyl (C=O) groups excluding carboxylic acids is 1. The standard InChI is InChI=1S/C21H23ClN4O2/c1-4-26-21(28)15-10-6-5-9-14(15)19(24-26)20(27)23-13-18(25(2)3)16-11-7-8-12-17(16)22/h5-12,18H,4,13H2,1-3H3,(H,23,27). The molecule has 0 spiro atoms. The maximum absolute atomic E-state index is 12.9. The molecule has 1 atom stereocenters. The molecule has 1 amide bonds. The Hall–Kier alpha value is -2.70.